The van der Waals surface area contributed by atoms with E-state index >= 15 is 0 Å². The van der Waals surface area contributed by atoms with Gasteiger partial charge in [-0.3, -0.25) is 14.2 Å². The van der Waals surface area contributed by atoms with Gasteiger partial charge in [-0.2, -0.15) is 5.10 Å². The van der Waals surface area contributed by atoms with Gasteiger partial charge in [-0.15, -0.1) is 11.3 Å². The number of aromatic nitrogens is 4. The molecular weight excluding hydrogens is 350 g/mol. The van der Waals surface area contributed by atoms with Crippen LogP contribution >= 0.6 is 11.3 Å². The molecule has 138 valence electrons. The van der Waals surface area contributed by atoms with Gasteiger partial charge in [0.15, 0.2) is 5.65 Å². The number of carbonyl (C=O) groups is 1. The van der Waals surface area contributed by atoms with Gasteiger partial charge >= 0.3 is 0 Å². The SMILES string of the molecule is Cc1nc2c(cnn2C(C)(C)C)c(=O)n1CCC(=O)NCc1cccs1. The normalized spacial score (nSPS) is 11.8. The summed E-state index contributed by atoms with van der Waals surface area (Å²) < 4.78 is 3.30. The summed E-state index contributed by atoms with van der Waals surface area (Å²) in [5.41, 5.74) is 0.161. The summed E-state index contributed by atoms with van der Waals surface area (Å²) in [4.78, 5) is 30.5. The van der Waals surface area contributed by atoms with E-state index < -0.39 is 0 Å². The van der Waals surface area contributed by atoms with Crippen molar-refractivity contribution in [2.45, 2.75) is 52.7 Å². The molecule has 0 aliphatic heterocycles. The van der Waals surface area contributed by atoms with Crippen LogP contribution in [0.5, 0.6) is 0 Å². The predicted octanol–water partition coefficient (Wildman–Crippen LogP) is 2.42. The average molecular weight is 373 g/mol. The highest BCUT2D eigenvalue weighted by Crippen LogP contribution is 2.18. The maximum atomic E-state index is 12.8. The lowest BCUT2D eigenvalue weighted by atomic mass is 10.1. The van der Waals surface area contributed by atoms with Gasteiger partial charge < -0.3 is 5.32 Å². The molecular formula is C18H23N5O2S. The molecule has 0 radical (unpaired) electrons. The van der Waals surface area contributed by atoms with Crippen molar-refractivity contribution in [3.8, 4) is 0 Å². The Morgan fingerprint density at radius 1 is 1.35 bits per heavy atom. The molecule has 0 spiro atoms. The van der Waals surface area contributed by atoms with Gasteiger partial charge in [-0.1, -0.05) is 6.07 Å². The van der Waals surface area contributed by atoms with Crippen molar-refractivity contribution in [3.05, 3.63) is 44.8 Å². The second kappa shape index (κ2) is 7.03. The van der Waals surface area contributed by atoms with Crippen LogP contribution in [0.4, 0.5) is 0 Å². The standard InChI is InChI=1S/C18H23N5O2S/c1-12-21-16-14(11-20-23(16)18(2,3)4)17(25)22(12)8-7-15(24)19-10-13-6-5-9-26-13/h5-6,9,11H,7-8,10H2,1-4H3,(H,19,24). The summed E-state index contributed by atoms with van der Waals surface area (Å²) in [6.07, 6.45) is 1.79. The van der Waals surface area contributed by atoms with E-state index in [0.717, 1.165) is 4.88 Å². The summed E-state index contributed by atoms with van der Waals surface area (Å²) in [6, 6.07) is 3.93. The van der Waals surface area contributed by atoms with Crippen LogP contribution < -0.4 is 10.9 Å². The highest BCUT2D eigenvalue weighted by Gasteiger charge is 2.21. The number of nitrogens with zero attached hydrogens (tertiary/aromatic N) is 4. The number of aryl methyl sites for hydroxylation is 1. The first-order valence-corrected chi connectivity index (χ1v) is 9.40. The van der Waals surface area contributed by atoms with E-state index in [0.29, 0.717) is 29.9 Å². The van der Waals surface area contributed by atoms with Crippen LogP contribution in [0.1, 0.15) is 37.9 Å². The van der Waals surface area contributed by atoms with Crippen molar-refractivity contribution in [2.24, 2.45) is 0 Å². The van der Waals surface area contributed by atoms with E-state index in [4.69, 9.17) is 0 Å². The van der Waals surface area contributed by atoms with Crippen LogP contribution in [-0.2, 0) is 23.4 Å². The van der Waals surface area contributed by atoms with Crippen molar-refractivity contribution in [1.29, 1.82) is 0 Å². The number of rotatable bonds is 5. The number of carbonyl (C=O) groups excluding carboxylic acids is 1. The fourth-order valence-corrected chi connectivity index (χ4v) is 3.41. The molecule has 8 heteroatoms. The van der Waals surface area contributed by atoms with Gasteiger partial charge in [-0.25, -0.2) is 9.67 Å². The molecule has 0 unspecified atom stereocenters. The van der Waals surface area contributed by atoms with Gasteiger partial charge in [0.25, 0.3) is 5.56 Å². The van der Waals surface area contributed by atoms with E-state index in [1.807, 2.05) is 38.3 Å². The Balaban J connectivity index is 1.76. The Kier molecular flexibility index (Phi) is 4.95. The Morgan fingerprint density at radius 3 is 2.77 bits per heavy atom. The molecule has 0 atom stereocenters. The zero-order chi connectivity index (χ0) is 18.9. The molecule has 3 aromatic heterocycles. The fourth-order valence-electron chi connectivity index (χ4n) is 2.76. The zero-order valence-electron chi connectivity index (χ0n) is 15.4. The molecule has 26 heavy (non-hydrogen) atoms. The molecule has 0 aromatic carbocycles. The smallest absolute Gasteiger partial charge is 0.264 e. The van der Waals surface area contributed by atoms with Crippen molar-refractivity contribution in [1.82, 2.24) is 24.6 Å². The summed E-state index contributed by atoms with van der Waals surface area (Å²) >= 11 is 1.60. The van der Waals surface area contributed by atoms with E-state index in [2.05, 4.69) is 15.4 Å². The maximum absolute atomic E-state index is 12.8. The molecule has 1 amide bonds. The van der Waals surface area contributed by atoms with Crippen LogP contribution in [0.25, 0.3) is 11.0 Å². The summed E-state index contributed by atoms with van der Waals surface area (Å²) in [5, 5.41) is 9.65. The minimum absolute atomic E-state index is 0.0878. The van der Waals surface area contributed by atoms with Gasteiger partial charge in [0.05, 0.1) is 18.3 Å². The summed E-state index contributed by atoms with van der Waals surface area (Å²) in [7, 11) is 0. The summed E-state index contributed by atoms with van der Waals surface area (Å²) in [5.74, 6) is 0.495. The molecule has 3 rings (SSSR count). The van der Waals surface area contributed by atoms with Crippen molar-refractivity contribution >= 4 is 28.3 Å². The number of hydrogen-bond acceptors (Lipinski definition) is 5. The fraction of sp³-hybridized carbons (Fsp3) is 0.444. The monoisotopic (exact) mass is 373 g/mol. The highest BCUT2D eigenvalue weighted by atomic mass is 32.1. The largest absolute Gasteiger partial charge is 0.351 e. The minimum Gasteiger partial charge on any atom is -0.351 e. The average Bonchev–Trinajstić information content (AvgIpc) is 3.21. The molecule has 3 aromatic rings. The van der Waals surface area contributed by atoms with Crippen LogP contribution in [-0.4, -0.2) is 25.2 Å². The van der Waals surface area contributed by atoms with Gasteiger partial charge in [-0.05, 0) is 39.1 Å². The number of thiophene rings is 1. The Morgan fingerprint density at radius 2 is 2.12 bits per heavy atom. The number of amides is 1. The quantitative estimate of drug-likeness (QED) is 0.745. The van der Waals surface area contributed by atoms with Gasteiger partial charge in [0.2, 0.25) is 5.91 Å². The highest BCUT2D eigenvalue weighted by molar-refractivity contribution is 7.09. The Bertz CT molecular complexity index is 980. The second-order valence-electron chi connectivity index (χ2n) is 7.19. The molecule has 0 aliphatic carbocycles. The molecule has 3 heterocycles. The number of nitrogens with one attached hydrogen (secondary N) is 1. The third-order valence-electron chi connectivity index (χ3n) is 4.12. The number of hydrogen-bond donors (Lipinski definition) is 1. The van der Waals surface area contributed by atoms with Crippen LogP contribution in [0.15, 0.2) is 28.5 Å². The zero-order valence-corrected chi connectivity index (χ0v) is 16.3. The third kappa shape index (κ3) is 3.70. The van der Waals surface area contributed by atoms with Crippen LogP contribution in [0.3, 0.4) is 0 Å². The summed E-state index contributed by atoms with van der Waals surface area (Å²) in [6.45, 7) is 8.63. The first-order valence-electron chi connectivity index (χ1n) is 8.52. The Labute approximate surface area is 155 Å². The predicted molar refractivity (Wildman–Crippen MR) is 102 cm³/mol. The number of fused-ring (bicyclic) bond motifs is 1. The third-order valence-corrected chi connectivity index (χ3v) is 4.99. The van der Waals surface area contributed by atoms with Gasteiger partial charge in [0.1, 0.15) is 11.2 Å². The van der Waals surface area contributed by atoms with Crippen LogP contribution in [0.2, 0.25) is 0 Å². The van der Waals surface area contributed by atoms with Crippen molar-refractivity contribution < 1.29 is 4.79 Å². The van der Waals surface area contributed by atoms with Gasteiger partial charge in [0, 0.05) is 17.8 Å². The molecule has 1 N–H and O–H groups in total. The minimum atomic E-state index is -0.262. The lowest BCUT2D eigenvalue weighted by Crippen LogP contribution is -2.29. The van der Waals surface area contributed by atoms with E-state index in [1.165, 1.54) is 0 Å². The van der Waals surface area contributed by atoms with E-state index in [-0.39, 0.29) is 23.4 Å². The molecule has 0 bridgehead atoms. The van der Waals surface area contributed by atoms with Crippen molar-refractivity contribution in [3.63, 3.8) is 0 Å². The Hall–Kier alpha value is -2.48. The maximum Gasteiger partial charge on any atom is 0.264 e. The molecule has 0 aliphatic rings. The topological polar surface area (TPSA) is 81.8 Å². The lowest BCUT2D eigenvalue weighted by Gasteiger charge is -2.20. The second-order valence-corrected chi connectivity index (χ2v) is 8.22. The van der Waals surface area contributed by atoms with E-state index in [9.17, 15) is 9.59 Å². The molecule has 0 saturated carbocycles. The first-order chi connectivity index (χ1) is 12.3. The van der Waals surface area contributed by atoms with E-state index in [1.54, 1.807) is 33.7 Å². The lowest BCUT2D eigenvalue weighted by molar-refractivity contribution is -0.121. The van der Waals surface area contributed by atoms with Crippen LogP contribution in [0, 0.1) is 6.92 Å². The molecule has 7 nitrogen and oxygen atoms in total. The van der Waals surface area contributed by atoms with Crippen molar-refractivity contribution in [2.75, 3.05) is 0 Å². The molecule has 0 saturated heterocycles. The molecule has 0 fully saturated rings. The first kappa shape index (κ1) is 18.3.